The zero-order valence-corrected chi connectivity index (χ0v) is 14.2. The number of piperidine rings is 1. The Balaban J connectivity index is 1.24. The van der Waals surface area contributed by atoms with Crippen LogP contribution in [0.4, 0.5) is 0 Å². The molecule has 4 rings (SSSR count). The number of amides is 2. The highest BCUT2D eigenvalue weighted by atomic mass is 16.2. The van der Waals surface area contributed by atoms with Crippen LogP contribution in [0.1, 0.15) is 57.8 Å². The number of carbonyl (C=O) groups excluding carboxylic acids is 2. The molecule has 0 radical (unpaired) electrons. The predicted octanol–water partition coefficient (Wildman–Crippen LogP) is 2.67. The lowest BCUT2D eigenvalue weighted by atomic mass is 9.85. The number of hydrogen-bond donors (Lipinski definition) is 0. The summed E-state index contributed by atoms with van der Waals surface area (Å²) in [6, 6.07) is 0. The Morgan fingerprint density at radius 3 is 2.17 bits per heavy atom. The minimum absolute atomic E-state index is 0.166. The number of carbonyl (C=O) groups is 2. The molecule has 0 N–H and O–H groups in total. The molecule has 2 saturated carbocycles. The monoisotopic (exact) mass is 318 g/mol. The van der Waals surface area contributed by atoms with E-state index in [4.69, 9.17) is 0 Å². The second-order valence-electron chi connectivity index (χ2n) is 8.33. The third-order valence-corrected chi connectivity index (χ3v) is 6.94. The van der Waals surface area contributed by atoms with Crippen LogP contribution in [0, 0.1) is 23.7 Å². The maximum Gasteiger partial charge on any atom is 0.225 e. The van der Waals surface area contributed by atoms with Crippen LogP contribution in [0.3, 0.4) is 0 Å². The number of likely N-dealkylation sites (tertiary alicyclic amines) is 2. The average molecular weight is 318 g/mol. The summed E-state index contributed by atoms with van der Waals surface area (Å²) in [4.78, 5) is 29.1. The van der Waals surface area contributed by atoms with Gasteiger partial charge in [-0.1, -0.05) is 6.42 Å². The number of rotatable bonds is 3. The molecular formula is C19H30N2O2. The van der Waals surface area contributed by atoms with Crippen LogP contribution in [0.5, 0.6) is 0 Å². The van der Waals surface area contributed by atoms with Crippen LogP contribution in [0.2, 0.25) is 0 Å². The zero-order chi connectivity index (χ0) is 15.8. The van der Waals surface area contributed by atoms with Crippen molar-refractivity contribution in [3.63, 3.8) is 0 Å². The lowest BCUT2D eigenvalue weighted by molar-refractivity contribution is -0.140. The second-order valence-corrected chi connectivity index (χ2v) is 8.33. The van der Waals surface area contributed by atoms with Crippen molar-refractivity contribution in [1.29, 1.82) is 0 Å². The van der Waals surface area contributed by atoms with E-state index in [2.05, 4.69) is 0 Å². The molecule has 2 amide bonds. The first-order valence-corrected chi connectivity index (χ1v) is 9.77. The standard InChI is InChI=1S/C19H30N2O2/c22-18(13-17-12-14-3-4-16(17)11-14)20-9-5-15(6-10-20)19(23)21-7-1-2-8-21/h14-17H,1-13H2. The number of nitrogens with zero attached hydrogens (tertiary/aromatic N) is 2. The second kappa shape index (κ2) is 6.45. The van der Waals surface area contributed by atoms with Crippen molar-refractivity contribution in [1.82, 2.24) is 9.80 Å². The fraction of sp³-hybridized carbons (Fsp3) is 0.895. The quantitative estimate of drug-likeness (QED) is 0.803. The van der Waals surface area contributed by atoms with Crippen LogP contribution >= 0.6 is 0 Å². The summed E-state index contributed by atoms with van der Waals surface area (Å²) in [6.07, 6.45) is 10.3. The van der Waals surface area contributed by atoms with E-state index in [1.165, 1.54) is 25.7 Å². The van der Waals surface area contributed by atoms with Gasteiger partial charge in [-0.2, -0.15) is 0 Å². The largest absolute Gasteiger partial charge is 0.343 e. The van der Waals surface area contributed by atoms with E-state index in [0.29, 0.717) is 17.7 Å². The molecule has 23 heavy (non-hydrogen) atoms. The molecule has 128 valence electrons. The molecular weight excluding hydrogens is 288 g/mol. The van der Waals surface area contributed by atoms with Gasteiger partial charge in [-0.15, -0.1) is 0 Å². The van der Waals surface area contributed by atoms with E-state index in [9.17, 15) is 9.59 Å². The molecule has 0 aromatic carbocycles. The first kappa shape index (κ1) is 15.5. The minimum Gasteiger partial charge on any atom is -0.343 e. The van der Waals surface area contributed by atoms with Gasteiger partial charge < -0.3 is 9.80 Å². The molecule has 2 heterocycles. The van der Waals surface area contributed by atoms with Gasteiger partial charge in [0.25, 0.3) is 0 Å². The average Bonchev–Trinajstić information content (AvgIpc) is 3.32. The van der Waals surface area contributed by atoms with E-state index in [1.807, 2.05) is 9.80 Å². The van der Waals surface area contributed by atoms with E-state index in [1.54, 1.807) is 0 Å². The lowest BCUT2D eigenvalue weighted by Gasteiger charge is -2.34. The molecule has 4 nitrogen and oxygen atoms in total. The molecule has 0 spiro atoms. The van der Waals surface area contributed by atoms with E-state index in [-0.39, 0.29) is 5.92 Å². The van der Waals surface area contributed by atoms with Crippen LogP contribution in [-0.4, -0.2) is 47.8 Å². The smallest absolute Gasteiger partial charge is 0.225 e. The molecule has 4 heteroatoms. The maximum atomic E-state index is 12.6. The highest BCUT2D eigenvalue weighted by Crippen LogP contribution is 2.49. The Hall–Kier alpha value is -1.06. The molecule has 2 aliphatic carbocycles. The van der Waals surface area contributed by atoms with Gasteiger partial charge in [-0.3, -0.25) is 9.59 Å². The summed E-state index contributed by atoms with van der Waals surface area (Å²) < 4.78 is 0. The van der Waals surface area contributed by atoms with Gasteiger partial charge in [0.2, 0.25) is 11.8 Å². The lowest BCUT2D eigenvalue weighted by Crippen LogP contribution is -2.44. The van der Waals surface area contributed by atoms with Crippen molar-refractivity contribution in [2.45, 2.75) is 57.8 Å². The highest BCUT2D eigenvalue weighted by molar-refractivity contribution is 5.80. The van der Waals surface area contributed by atoms with Crippen LogP contribution in [0.15, 0.2) is 0 Å². The van der Waals surface area contributed by atoms with E-state index >= 15 is 0 Å². The topological polar surface area (TPSA) is 40.6 Å². The van der Waals surface area contributed by atoms with Crippen LogP contribution in [-0.2, 0) is 9.59 Å². The van der Waals surface area contributed by atoms with Crippen molar-refractivity contribution in [3.8, 4) is 0 Å². The van der Waals surface area contributed by atoms with Gasteiger partial charge in [0, 0.05) is 38.5 Å². The Morgan fingerprint density at radius 1 is 0.826 bits per heavy atom. The Kier molecular flexibility index (Phi) is 4.33. The molecule has 0 aromatic heterocycles. The van der Waals surface area contributed by atoms with E-state index < -0.39 is 0 Å². The van der Waals surface area contributed by atoms with Crippen LogP contribution in [0.25, 0.3) is 0 Å². The Labute approximate surface area is 139 Å². The van der Waals surface area contributed by atoms with Crippen LogP contribution < -0.4 is 0 Å². The van der Waals surface area contributed by atoms with Gasteiger partial charge in [-0.05, 0) is 62.7 Å². The number of fused-ring (bicyclic) bond motifs is 2. The SMILES string of the molecule is O=C(CC1CC2CCC1C2)N1CCC(C(=O)N2CCCC2)CC1. The predicted molar refractivity (Wildman–Crippen MR) is 88.7 cm³/mol. The number of hydrogen-bond acceptors (Lipinski definition) is 2. The molecule has 0 aromatic rings. The third kappa shape index (κ3) is 3.14. The van der Waals surface area contributed by atoms with Gasteiger partial charge in [0.05, 0.1) is 0 Å². The summed E-state index contributed by atoms with van der Waals surface area (Å²) in [5.74, 6) is 3.28. The summed E-state index contributed by atoms with van der Waals surface area (Å²) in [7, 11) is 0. The van der Waals surface area contributed by atoms with Gasteiger partial charge in [0.1, 0.15) is 0 Å². The molecule has 2 aliphatic heterocycles. The van der Waals surface area contributed by atoms with Crippen molar-refractivity contribution >= 4 is 11.8 Å². The Bertz CT molecular complexity index is 464. The summed E-state index contributed by atoms with van der Waals surface area (Å²) >= 11 is 0. The normalized spacial score (nSPS) is 34.3. The molecule has 3 unspecified atom stereocenters. The fourth-order valence-electron chi connectivity index (χ4n) is 5.55. The first-order valence-electron chi connectivity index (χ1n) is 9.77. The third-order valence-electron chi connectivity index (χ3n) is 6.94. The molecule has 2 bridgehead atoms. The minimum atomic E-state index is 0.166. The molecule has 2 saturated heterocycles. The first-order chi connectivity index (χ1) is 11.2. The van der Waals surface area contributed by atoms with Crippen molar-refractivity contribution in [3.05, 3.63) is 0 Å². The van der Waals surface area contributed by atoms with Gasteiger partial charge >= 0.3 is 0 Å². The van der Waals surface area contributed by atoms with Gasteiger partial charge in [0.15, 0.2) is 0 Å². The van der Waals surface area contributed by atoms with Crippen molar-refractivity contribution in [2.24, 2.45) is 23.7 Å². The van der Waals surface area contributed by atoms with Crippen molar-refractivity contribution in [2.75, 3.05) is 26.2 Å². The maximum absolute atomic E-state index is 12.6. The summed E-state index contributed by atoms with van der Waals surface area (Å²) in [5.41, 5.74) is 0. The summed E-state index contributed by atoms with van der Waals surface area (Å²) in [6.45, 7) is 3.48. The summed E-state index contributed by atoms with van der Waals surface area (Å²) in [5, 5.41) is 0. The van der Waals surface area contributed by atoms with Gasteiger partial charge in [-0.25, -0.2) is 0 Å². The highest BCUT2D eigenvalue weighted by Gasteiger charge is 2.41. The zero-order valence-electron chi connectivity index (χ0n) is 14.2. The molecule has 4 aliphatic rings. The Morgan fingerprint density at radius 2 is 1.57 bits per heavy atom. The van der Waals surface area contributed by atoms with E-state index in [0.717, 1.165) is 70.1 Å². The van der Waals surface area contributed by atoms with Crippen molar-refractivity contribution < 1.29 is 9.59 Å². The fourth-order valence-corrected chi connectivity index (χ4v) is 5.55. The molecule has 4 fully saturated rings. The molecule has 3 atom stereocenters.